The molecule has 1 saturated heterocycles. The third-order valence-corrected chi connectivity index (χ3v) is 6.17. The van der Waals surface area contributed by atoms with Crippen molar-refractivity contribution in [2.75, 3.05) is 31.3 Å². The summed E-state index contributed by atoms with van der Waals surface area (Å²) in [5.41, 5.74) is 0. The van der Waals surface area contributed by atoms with Gasteiger partial charge in [0.2, 0.25) is 6.10 Å². The molecule has 1 amide bonds. The zero-order valence-corrected chi connectivity index (χ0v) is 15.2. The second-order valence-electron chi connectivity index (χ2n) is 6.21. The highest BCUT2D eigenvalue weighted by Crippen LogP contribution is 2.31. The van der Waals surface area contributed by atoms with E-state index in [9.17, 15) is 18.0 Å². The minimum absolute atomic E-state index is 0.00238. The van der Waals surface area contributed by atoms with E-state index in [0.717, 1.165) is 0 Å². The zero-order chi connectivity index (χ0) is 18.7. The monoisotopic (exact) mass is 383 g/mol. The Hall–Kier alpha value is -2.29. The number of nitrogens with zero attached hydrogens (tertiary/aromatic N) is 1. The molecule has 0 bridgehead atoms. The first-order valence-corrected chi connectivity index (χ1v) is 10.3. The van der Waals surface area contributed by atoms with E-state index >= 15 is 0 Å². The summed E-state index contributed by atoms with van der Waals surface area (Å²) in [7, 11) is -3.10. The normalized spacial score (nSPS) is 23.3. The Kier molecular flexibility index (Phi) is 5.36. The van der Waals surface area contributed by atoms with Crippen molar-refractivity contribution in [3.8, 4) is 11.5 Å². The number of sulfone groups is 1. The Balaban J connectivity index is 1.53. The van der Waals surface area contributed by atoms with E-state index in [0.29, 0.717) is 24.5 Å². The van der Waals surface area contributed by atoms with Gasteiger partial charge in [-0.05, 0) is 25.5 Å². The number of carbonyl (C=O) groups is 2. The molecule has 1 aromatic rings. The Labute approximate surface area is 151 Å². The largest absolute Gasteiger partial charge is 0.485 e. The number of hydrogen-bond donors (Lipinski definition) is 0. The molecule has 1 aromatic carbocycles. The molecule has 0 saturated carbocycles. The molecule has 0 unspecified atom stereocenters. The van der Waals surface area contributed by atoms with E-state index in [1.54, 1.807) is 31.2 Å². The first-order chi connectivity index (χ1) is 12.4. The summed E-state index contributed by atoms with van der Waals surface area (Å²) in [6, 6.07) is 6.60. The number of carbonyl (C=O) groups excluding carboxylic acids is 2. The number of hydrogen-bond acceptors (Lipinski definition) is 7. The summed E-state index contributed by atoms with van der Waals surface area (Å²) in [6.07, 6.45) is -0.536. The molecule has 2 atom stereocenters. The summed E-state index contributed by atoms with van der Waals surface area (Å²) < 4.78 is 39.3. The highest BCUT2D eigenvalue weighted by atomic mass is 32.2. The molecule has 3 rings (SSSR count). The van der Waals surface area contributed by atoms with Crippen molar-refractivity contribution < 1.29 is 32.2 Å². The Morgan fingerprint density at radius 2 is 2.00 bits per heavy atom. The summed E-state index contributed by atoms with van der Waals surface area (Å²) in [6.45, 7) is 1.67. The fourth-order valence-electron chi connectivity index (χ4n) is 3.10. The molecule has 9 heteroatoms. The summed E-state index contributed by atoms with van der Waals surface area (Å²) in [4.78, 5) is 25.9. The first kappa shape index (κ1) is 18.5. The Bertz CT molecular complexity index is 792. The lowest BCUT2D eigenvalue weighted by atomic mass is 10.2. The van der Waals surface area contributed by atoms with Gasteiger partial charge in [0.15, 0.2) is 27.9 Å². The van der Waals surface area contributed by atoms with Crippen molar-refractivity contribution in [3.63, 3.8) is 0 Å². The predicted molar refractivity (Wildman–Crippen MR) is 91.8 cm³/mol. The molecule has 0 N–H and O–H groups in total. The smallest absolute Gasteiger partial charge is 0.351 e. The summed E-state index contributed by atoms with van der Waals surface area (Å²) in [5.74, 6) is -0.0845. The van der Waals surface area contributed by atoms with Crippen LogP contribution in [0.3, 0.4) is 0 Å². The molecule has 2 heterocycles. The van der Waals surface area contributed by atoms with Crippen LogP contribution in [0.2, 0.25) is 0 Å². The quantitative estimate of drug-likeness (QED) is 0.679. The van der Waals surface area contributed by atoms with Gasteiger partial charge in [-0.25, -0.2) is 13.2 Å². The van der Waals surface area contributed by atoms with Crippen LogP contribution >= 0.6 is 0 Å². The van der Waals surface area contributed by atoms with Crippen LogP contribution in [0, 0.1) is 0 Å². The molecule has 0 radical (unpaired) electrons. The Morgan fingerprint density at radius 1 is 1.27 bits per heavy atom. The van der Waals surface area contributed by atoms with Crippen LogP contribution in [0.5, 0.6) is 11.5 Å². The summed E-state index contributed by atoms with van der Waals surface area (Å²) in [5, 5.41) is 0. The van der Waals surface area contributed by atoms with Gasteiger partial charge in [-0.1, -0.05) is 12.1 Å². The van der Waals surface area contributed by atoms with Gasteiger partial charge in [0.1, 0.15) is 6.61 Å². The van der Waals surface area contributed by atoms with Crippen LogP contribution in [0.1, 0.15) is 13.3 Å². The van der Waals surface area contributed by atoms with E-state index in [1.807, 2.05) is 0 Å². The highest BCUT2D eigenvalue weighted by molar-refractivity contribution is 7.91. The number of para-hydroxylation sites is 2. The Morgan fingerprint density at radius 3 is 2.65 bits per heavy atom. The van der Waals surface area contributed by atoms with Gasteiger partial charge >= 0.3 is 5.97 Å². The highest BCUT2D eigenvalue weighted by Gasteiger charge is 2.35. The van der Waals surface area contributed by atoms with Crippen molar-refractivity contribution in [1.29, 1.82) is 0 Å². The maximum Gasteiger partial charge on any atom is 0.351 e. The summed E-state index contributed by atoms with van der Waals surface area (Å²) >= 11 is 0. The minimum Gasteiger partial charge on any atom is -0.485 e. The van der Waals surface area contributed by atoms with E-state index in [-0.39, 0.29) is 24.2 Å². The van der Waals surface area contributed by atoms with Crippen LogP contribution < -0.4 is 9.47 Å². The van der Waals surface area contributed by atoms with Crippen LogP contribution in [-0.2, 0) is 24.2 Å². The standard InChI is InChI=1S/C17H21NO7S/c1-2-18(12-7-8-26(21,22)11-12)16(19)10-24-17(20)15-9-23-13-5-3-4-6-14(13)25-15/h3-6,12,15H,2,7-11H2,1H3/t12-,15-/m0/s1. The maximum atomic E-state index is 12.3. The average molecular weight is 383 g/mol. The van der Waals surface area contributed by atoms with Crippen molar-refractivity contribution in [2.45, 2.75) is 25.5 Å². The molecule has 2 aliphatic heterocycles. The van der Waals surface area contributed by atoms with E-state index in [2.05, 4.69) is 0 Å². The molecule has 0 aromatic heterocycles. The third-order valence-electron chi connectivity index (χ3n) is 4.42. The number of ether oxygens (including phenoxy) is 3. The van der Waals surface area contributed by atoms with Gasteiger partial charge in [-0.2, -0.15) is 0 Å². The van der Waals surface area contributed by atoms with Crippen LogP contribution in [0.15, 0.2) is 24.3 Å². The van der Waals surface area contributed by atoms with Crippen LogP contribution in [0.4, 0.5) is 0 Å². The predicted octanol–water partition coefficient (Wildman–Crippen LogP) is 0.405. The number of amides is 1. The van der Waals surface area contributed by atoms with Gasteiger partial charge in [0.25, 0.3) is 5.91 Å². The van der Waals surface area contributed by atoms with E-state index in [4.69, 9.17) is 14.2 Å². The van der Waals surface area contributed by atoms with Crippen molar-refractivity contribution in [3.05, 3.63) is 24.3 Å². The minimum atomic E-state index is -3.10. The van der Waals surface area contributed by atoms with Gasteiger partial charge in [-0.15, -0.1) is 0 Å². The number of rotatable bonds is 5. The molecule has 1 fully saturated rings. The van der Waals surface area contributed by atoms with Gasteiger partial charge in [-0.3, -0.25) is 4.79 Å². The van der Waals surface area contributed by atoms with Gasteiger partial charge in [0.05, 0.1) is 11.5 Å². The second kappa shape index (κ2) is 7.53. The lowest BCUT2D eigenvalue weighted by Gasteiger charge is -2.28. The molecule has 0 spiro atoms. The van der Waals surface area contributed by atoms with Gasteiger partial charge in [0, 0.05) is 12.6 Å². The van der Waals surface area contributed by atoms with Crippen molar-refractivity contribution in [2.24, 2.45) is 0 Å². The fraction of sp³-hybridized carbons (Fsp3) is 0.529. The SMILES string of the molecule is CCN(C(=O)COC(=O)[C@@H]1COc2ccccc2O1)[C@H]1CCS(=O)(=O)C1. The van der Waals surface area contributed by atoms with E-state index in [1.165, 1.54) is 4.90 Å². The van der Waals surface area contributed by atoms with Gasteiger partial charge < -0.3 is 19.1 Å². The molecule has 0 aliphatic carbocycles. The van der Waals surface area contributed by atoms with Crippen molar-refractivity contribution >= 4 is 21.7 Å². The average Bonchev–Trinajstić information content (AvgIpc) is 2.99. The second-order valence-corrected chi connectivity index (χ2v) is 8.44. The number of fused-ring (bicyclic) bond motifs is 1. The fourth-order valence-corrected chi connectivity index (χ4v) is 4.83. The molecule has 142 valence electrons. The maximum absolute atomic E-state index is 12.3. The third kappa shape index (κ3) is 4.09. The zero-order valence-electron chi connectivity index (χ0n) is 14.4. The number of likely N-dealkylation sites (N-methyl/N-ethyl adjacent to an activating group) is 1. The van der Waals surface area contributed by atoms with Crippen molar-refractivity contribution in [1.82, 2.24) is 4.90 Å². The molecule has 26 heavy (non-hydrogen) atoms. The molecule has 2 aliphatic rings. The molecule has 8 nitrogen and oxygen atoms in total. The molecular formula is C17H21NO7S. The van der Waals surface area contributed by atoms with E-state index < -0.39 is 34.4 Å². The first-order valence-electron chi connectivity index (χ1n) is 8.44. The molecular weight excluding hydrogens is 362 g/mol. The topological polar surface area (TPSA) is 99.2 Å². The number of esters is 1. The van der Waals surface area contributed by atoms with Crippen LogP contribution in [-0.4, -0.2) is 68.6 Å². The lowest BCUT2D eigenvalue weighted by molar-refractivity contribution is -0.160. The lowest BCUT2D eigenvalue weighted by Crippen LogP contribution is -2.44. The number of benzene rings is 1. The van der Waals surface area contributed by atoms with Crippen LogP contribution in [0.25, 0.3) is 0 Å².